The summed E-state index contributed by atoms with van der Waals surface area (Å²) < 4.78 is 0.304. The first-order chi connectivity index (χ1) is 7.08. The lowest BCUT2D eigenvalue weighted by molar-refractivity contribution is 0.0901. The summed E-state index contributed by atoms with van der Waals surface area (Å²) >= 11 is 0. The number of rotatable bonds is 1. The number of hydrogen-bond acceptors (Lipinski definition) is 3. The molecule has 0 radical (unpaired) electrons. The van der Waals surface area contributed by atoms with Gasteiger partial charge >= 0.3 is 0 Å². The van der Waals surface area contributed by atoms with Crippen molar-refractivity contribution in [3.05, 3.63) is 34.2 Å². The van der Waals surface area contributed by atoms with Crippen LogP contribution in [0.1, 0.15) is 33.6 Å². The zero-order valence-corrected chi connectivity index (χ0v) is 9.15. The largest absolute Gasteiger partial charge is 0.425 e. The van der Waals surface area contributed by atoms with E-state index in [1.807, 2.05) is 0 Å². The fraction of sp³-hybridized carbons (Fsp3) is 0.400. The summed E-state index contributed by atoms with van der Waals surface area (Å²) in [6.07, 6.45) is 1.25. The predicted octanol–water partition coefficient (Wildman–Crippen LogP) is 1.35. The van der Waals surface area contributed by atoms with E-state index < -0.39 is 11.5 Å². The molecule has 1 aromatic heterocycles. The van der Waals surface area contributed by atoms with Gasteiger partial charge in [0.2, 0.25) is 0 Å². The van der Waals surface area contributed by atoms with E-state index in [2.05, 4.69) is 19.2 Å². The first-order valence-electron chi connectivity index (χ1n) is 4.71. The van der Waals surface area contributed by atoms with Crippen LogP contribution in [-0.2, 0) is 0 Å². The van der Waals surface area contributed by atoms with Crippen LogP contribution in [0.15, 0.2) is 23.0 Å². The smallest absolute Gasteiger partial charge is 0.283 e. The third kappa shape index (κ3) is 3.84. The maximum absolute atomic E-state index is 11.0. The molecule has 0 saturated carbocycles. The molecule has 88 valence electrons. The van der Waals surface area contributed by atoms with Gasteiger partial charge in [-0.15, -0.1) is 4.73 Å². The van der Waals surface area contributed by atoms with Gasteiger partial charge in [0.25, 0.3) is 11.5 Å². The average Bonchev–Trinajstić information content (AvgIpc) is 2.22. The maximum Gasteiger partial charge on any atom is 0.283 e. The van der Waals surface area contributed by atoms with Crippen LogP contribution in [0.2, 0.25) is 0 Å². The van der Waals surface area contributed by atoms with Crippen LogP contribution in [0.25, 0.3) is 0 Å². The Morgan fingerprint density at radius 3 is 2.53 bits per heavy atom. The Kier molecular flexibility index (Phi) is 5.85. The highest BCUT2D eigenvalue weighted by Crippen LogP contribution is 1.91. The molecule has 0 atom stereocenters. The van der Waals surface area contributed by atoms with Crippen LogP contribution in [0.5, 0.6) is 0 Å². The Hall–Kier alpha value is -1.78. The Balaban J connectivity index is -0.000000356. The molecule has 0 aliphatic carbocycles. The lowest BCUT2D eigenvalue weighted by Gasteiger charge is -2.02. The zero-order valence-electron chi connectivity index (χ0n) is 9.15. The number of nitrogens with zero attached hydrogens (tertiary/aromatic N) is 1. The Morgan fingerprint density at radius 1 is 1.53 bits per heavy atom. The minimum Gasteiger partial charge on any atom is -0.425 e. The van der Waals surface area contributed by atoms with E-state index in [0.29, 0.717) is 4.73 Å². The van der Waals surface area contributed by atoms with Crippen molar-refractivity contribution in [2.45, 2.75) is 20.3 Å². The number of hydrogen-bond donors (Lipinski definition) is 2. The summed E-state index contributed by atoms with van der Waals surface area (Å²) in [5.41, 5.74) is -0.707. The third-order valence-corrected chi connectivity index (χ3v) is 1.39. The maximum atomic E-state index is 11.0. The zero-order chi connectivity index (χ0) is 11.8. The van der Waals surface area contributed by atoms with Crippen molar-refractivity contribution in [1.82, 2.24) is 10.0 Å². The topological polar surface area (TPSA) is 71.3 Å². The first kappa shape index (κ1) is 13.2. The van der Waals surface area contributed by atoms with Crippen LogP contribution in [0.3, 0.4) is 0 Å². The number of carbonyl (C=O) groups is 1. The predicted molar refractivity (Wildman–Crippen MR) is 61.5 cm³/mol. The summed E-state index contributed by atoms with van der Waals surface area (Å²) in [4.78, 5) is 21.7. The van der Waals surface area contributed by atoms with Crippen molar-refractivity contribution in [3.8, 4) is 0 Å². The second-order valence-corrected chi connectivity index (χ2v) is 2.85. The van der Waals surface area contributed by atoms with Crippen molar-refractivity contribution >= 4 is 5.91 Å². The van der Waals surface area contributed by atoms with Crippen LogP contribution < -0.4 is 10.9 Å². The van der Waals surface area contributed by atoms with Crippen molar-refractivity contribution in [2.75, 3.05) is 7.05 Å². The van der Waals surface area contributed by atoms with Crippen LogP contribution in [0.4, 0.5) is 0 Å². The van der Waals surface area contributed by atoms with E-state index >= 15 is 0 Å². The second-order valence-electron chi connectivity index (χ2n) is 2.85. The fourth-order valence-corrected chi connectivity index (χ4v) is 0.781. The van der Waals surface area contributed by atoms with Gasteiger partial charge in [0, 0.05) is 16.0 Å². The van der Waals surface area contributed by atoms with Gasteiger partial charge in [0.05, 0.1) is 0 Å². The lowest BCUT2D eigenvalue weighted by Crippen LogP contribution is -2.28. The van der Waals surface area contributed by atoms with E-state index in [1.165, 1.54) is 25.6 Å². The molecule has 0 fully saturated rings. The highest BCUT2D eigenvalue weighted by molar-refractivity contribution is 5.92. The highest BCUT2D eigenvalue weighted by atomic mass is 16.5. The number of amides is 1. The van der Waals surface area contributed by atoms with Gasteiger partial charge in [-0.3, -0.25) is 9.59 Å². The molecule has 1 rings (SSSR count). The molecule has 0 aliphatic heterocycles. The van der Waals surface area contributed by atoms with Crippen molar-refractivity contribution in [2.24, 2.45) is 0 Å². The van der Waals surface area contributed by atoms with Crippen LogP contribution in [0, 0.1) is 0 Å². The van der Waals surface area contributed by atoms with Gasteiger partial charge in [-0.2, -0.15) is 0 Å². The van der Waals surface area contributed by atoms with E-state index in [4.69, 9.17) is 5.21 Å². The van der Waals surface area contributed by atoms with Crippen LogP contribution >= 0.6 is 0 Å². The molecular formula is C10H20N2O3. The van der Waals surface area contributed by atoms with Crippen molar-refractivity contribution in [3.63, 3.8) is 0 Å². The van der Waals surface area contributed by atoms with Gasteiger partial charge < -0.3 is 10.5 Å². The van der Waals surface area contributed by atoms with E-state index in [-0.39, 0.29) is 8.55 Å². The van der Waals surface area contributed by atoms with Crippen molar-refractivity contribution < 1.29 is 12.9 Å². The van der Waals surface area contributed by atoms with E-state index in [0.717, 1.165) is 6.07 Å². The number of aromatic nitrogens is 1. The van der Waals surface area contributed by atoms with Crippen LogP contribution in [-0.4, -0.2) is 22.9 Å². The van der Waals surface area contributed by atoms with Gasteiger partial charge in [0.1, 0.15) is 5.69 Å². The second kappa shape index (κ2) is 6.64. The fourth-order valence-electron chi connectivity index (χ4n) is 0.781. The first-order valence-corrected chi connectivity index (χ1v) is 4.71. The molecule has 5 heteroatoms. The van der Waals surface area contributed by atoms with E-state index in [9.17, 15) is 9.59 Å². The summed E-state index contributed by atoms with van der Waals surface area (Å²) in [5, 5.41) is 11.3. The summed E-state index contributed by atoms with van der Waals surface area (Å²) in [7, 11) is 1.42. The molecule has 0 saturated heterocycles. The third-order valence-electron chi connectivity index (χ3n) is 1.39. The Bertz CT molecular complexity index is 380. The SMILES string of the molecule is CCC.CNC(=O)c1cccc(=O)n1O.[HH].[HH]. The molecule has 15 heavy (non-hydrogen) atoms. The molecule has 0 unspecified atom stereocenters. The lowest BCUT2D eigenvalue weighted by atomic mass is 10.3. The minimum atomic E-state index is -0.629. The molecule has 0 aliphatic rings. The molecule has 1 amide bonds. The molecule has 2 N–H and O–H groups in total. The van der Waals surface area contributed by atoms with Gasteiger partial charge in [-0.1, -0.05) is 26.3 Å². The minimum absolute atomic E-state index is 0. The number of carbonyl (C=O) groups excluding carboxylic acids is 1. The molecule has 5 nitrogen and oxygen atoms in total. The Morgan fingerprint density at radius 2 is 2.07 bits per heavy atom. The summed E-state index contributed by atoms with van der Waals surface area (Å²) in [6, 6.07) is 3.91. The molecule has 0 bridgehead atoms. The molecule has 1 heterocycles. The summed E-state index contributed by atoms with van der Waals surface area (Å²) in [6.45, 7) is 4.25. The Labute approximate surface area is 91.3 Å². The molecule has 0 aromatic carbocycles. The molecular weight excluding hydrogens is 196 g/mol. The number of nitrogens with one attached hydrogen (secondary N) is 1. The highest BCUT2D eigenvalue weighted by Gasteiger charge is 2.08. The van der Waals surface area contributed by atoms with E-state index in [1.54, 1.807) is 0 Å². The standard InChI is InChI=1S/C7H8N2O3.C3H8.2H2/c1-8-7(11)5-3-2-4-6(10)9(5)12;1-3-2;;/h2-4,12H,1H3,(H,8,11);3H2,1-2H3;2*1H. The van der Waals surface area contributed by atoms with Gasteiger partial charge in [-0.25, -0.2) is 0 Å². The quantitative estimate of drug-likeness (QED) is 0.696. The van der Waals surface area contributed by atoms with Crippen molar-refractivity contribution in [1.29, 1.82) is 0 Å². The summed E-state index contributed by atoms with van der Waals surface area (Å²) in [5.74, 6) is -0.504. The molecule has 0 spiro atoms. The average molecular weight is 216 g/mol. The monoisotopic (exact) mass is 216 g/mol. The number of pyridine rings is 1. The normalized spacial score (nSPS) is 8.73. The van der Waals surface area contributed by atoms with Gasteiger partial charge in [0.15, 0.2) is 0 Å². The molecule has 1 aromatic rings. The van der Waals surface area contributed by atoms with Gasteiger partial charge in [-0.05, 0) is 6.07 Å².